The maximum absolute atomic E-state index is 5.64. The lowest BCUT2D eigenvalue weighted by Crippen LogP contribution is -1.84. The second-order valence-electron chi connectivity index (χ2n) is 12.1. The molecule has 0 spiro atoms. The highest BCUT2D eigenvalue weighted by Crippen LogP contribution is 2.27. The van der Waals surface area contributed by atoms with Crippen LogP contribution in [0, 0.1) is 0 Å². The molecule has 9 aromatic rings. The Hall–Kier alpha value is -6.71. The molecule has 3 nitrogen and oxygen atoms in total. The molecule has 0 radical (unpaired) electrons. The summed E-state index contributed by atoms with van der Waals surface area (Å²) in [5.74, 6) is 0.678. The average molecular weight is 839 g/mol. The van der Waals surface area contributed by atoms with Crippen molar-refractivity contribution in [3.8, 4) is 11.5 Å². The van der Waals surface area contributed by atoms with Crippen LogP contribution in [0.3, 0.4) is 0 Å². The van der Waals surface area contributed by atoms with Crippen molar-refractivity contribution in [1.82, 2.24) is 9.55 Å². The number of benzene rings is 7. The van der Waals surface area contributed by atoms with Crippen LogP contribution < -0.4 is 0 Å². The third kappa shape index (κ3) is 17.7. The normalized spacial score (nSPS) is 9.54. The van der Waals surface area contributed by atoms with Gasteiger partial charge in [0.2, 0.25) is 5.89 Å². The summed E-state index contributed by atoms with van der Waals surface area (Å²) in [6.45, 7) is 24.0. The highest BCUT2D eigenvalue weighted by molar-refractivity contribution is 6.07. The van der Waals surface area contributed by atoms with Crippen LogP contribution >= 0.6 is 0 Å². The summed E-state index contributed by atoms with van der Waals surface area (Å²) >= 11 is 0. The fraction of sp³-hybridized carbons (Fsp3) is 0.217. The third-order valence-electron chi connectivity index (χ3n) is 8.61. The number of aromatic nitrogens is 2. The predicted octanol–water partition coefficient (Wildman–Crippen LogP) is 19.0. The van der Waals surface area contributed by atoms with Crippen molar-refractivity contribution >= 4 is 57.2 Å². The standard InChI is InChI=1S/C22H18.C13H9NO.C13H11N.6C2H6/c1-3-7-19(8-4-1)11-13-21-15-17-22(18-16-21)14-12-20-9-5-2-6-10-20;1-2-6-10(7-3-1)13-14-11-8-4-5-9-12(11)15-13;1-14-12-8-4-2-6-10(12)11-7-3-5-9-13(11)14;6*1-2/h1-18H;1-9H;2-9H,1H3;6*1-2H3. The topological polar surface area (TPSA) is 31.0 Å². The summed E-state index contributed by atoms with van der Waals surface area (Å²) in [6, 6.07) is 64.0. The van der Waals surface area contributed by atoms with Gasteiger partial charge in [-0.05, 0) is 58.7 Å². The second kappa shape index (κ2) is 33.9. The molecule has 0 bridgehead atoms. The monoisotopic (exact) mass is 839 g/mol. The van der Waals surface area contributed by atoms with Crippen molar-refractivity contribution in [2.45, 2.75) is 83.1 Å². The van der Waals surface area contributed by atoms with Crippen LogP contribution in [0.2, 0.25) is 0 Å². The summed E-state index contributed by atoms with van der Waals surface area (Å²) in [5.41, 5.74) is 10.2. The number of oxazole rings is 1. The van der Waals surface area contributed by atoms with Gasteiger partial charge in [-0.3, -0.25) is 0 Å². The van der Waals surface area contributed by atoms with Gasteiger partial charge >= 0.3 is 0 Å². The Kier molecular flexibility index (Phi) is 29.3. The smallest absolute Gasteiger partial charge is 0.227 e. The Morgan fingerprint density at radius 1 is 0.349 bits per heavy atom. The Balaban J connectivity index is 0.000000430. The van der Waals surface area contributed by atoms with E-state index in [1.807, 2.05) is 150 Å². The molecule has 0 amide bonds. The molecule has 0 aliphatic heterocycles. The van der Waals surface area contributed by atoms with Gasteiger partial charge in [-0.2, -0.15) is 0 Å². The lowest BCUT2D eigenvalue weighted by atomic mass is 10.1. The van der Waals surface area contributed by atoms with Crippen LogP contribution in [-0.2, 0) is 7.05 Å². The summed E-state index contributed by atoms with van der Waals surface area (Å²) in [7, 11) is 2.12. The van der Waals surface area contributed by atoms with Crippen molar-refractivity contribution in [2.75, 3.05) is 0 Å². The third-order valence-corrected chi connectivity index (χ3v) is 8.61. The van der Waals surface area contributed by atoms with Gasteiger partial charge in [0.25, 0.3) is 0 Å². The second-order valence-corrected chi connectivity index (χ2v) is 12.1. The van der Waals surface area contributed by atoms with Crippen LogP contribution in [0.15, 0.2) is 192 Å². The Morgan fingerprint density at radius 2 is 0.667 bits per heavy atom. The fourth-order valence-electron chi connectivity index (χ4n) is 5.93. The number of fused-ring (bicyclic) bond motifs is 4. The van der Waals surface area contributed by atoms with E-state index in [2.05, 4.69) is 162 Å². The van der Waals surface area contributed by atoms with E-state index in [0.717, 1.165) is 16.7 Å². The SMILES string of the molecule is C(=Cc1ccc(C=Cc2ccccc2)cc1)c1ccccc1.CC.CC.CC.CC.CC.CC.Cn1c2ccccc2c2ccccc21.c1ccc(-c2nc3ccccc3o2)cc1. The Morgan fingerprint density at radius 3 is 1.06 bits per heavy atom. The molecule has 63 heavy (non-hydrogen) atoms. The summed E-state index contributed by atoms with van der Waals surface area (Å²) in [5, 5.41) is 2.68. The molecule has 0 unspecified atom stereocenters. The maximum atomic E-state index is 5.64. The zero-order chi connectivity index (χ0) is 46.7. The van der Waals surface area contributed by atoms with Crippen LogP contribution in [0.5, 0.6) is 0 Å². The molecule has 9 rings (SSSR count). The van der Waals surface area contributed by atoms with Crippen LogP contribution in [-0.4, -0.2) is 9.55 Å². The molecule has 0 aliphatic rings. The molecular formula is C60H74N2O. The Bertz CT molecular complexity index is 2350. The lowest BCUT2D eigenvalue weighted by Gasteiger charge is -1.97. The minimum Gasteiger partial charge on any atom is -0.436 e. The van der Waals surface area contributed by atoms with E-state index < -0.39 is 0 Å². The number of hydrogen-bond donors (Lipinski definition) is 0. The number of nitrogens with zero attached hydrogens (tertiary/aromatic N) is 2. The number of para-hydroxylation sites is 4. The van der Waals surface area contributed by atoms with Gasteiger partial charge in [-0.1, -0.05) is 259 Å². The summed E-state index contributed by atoms with van der Waals surface area (Å²) < 4.78 is 7.88. The average Bonchev–Trinajstić information content (AvgIpc) is 3.97. The zero-order valence-corrected chi connectivity index (χ0v) is 40.5. The molecule has 0 aliphatic carbocycles. The van der Waals surface area contributed by atoms with Crippen LogP contribution in [0.4, 0.5) is 0 Å². The van der Waals surface area contributed by atoms with Crippen LogP contribution in [0.1, 0.15) is 105 Å². The van der Waals surface area contributed by atoms with Gasteiger partial charge < -0.3 is 8.98 Å². The van der Waals surface area contributed by atoms with E-state index in [0.29, 0.717) is 5.89 Å². The van der Waals surface area contributed by atoms with Crippen molar-refractivity contribution < 1.29 is 4.42 Å². The van der Waals surface area contributed by atoms with Crippen molar-refractivity contribution in [3.05, 3.63) is 210 Å². The van der Waals surface area contributed by atoms with Gasteiger partial charge in [-0.15, -0.1) is 0 Å². The van der Waals surface area contributed by atoms with Gasteiger partial charge in [0, 0.05) is 34.4 Å². The molecule has 0 fully saturated rings. The van der Waals surface area contributed by atoms with Gasteiger partial charge in [0.1, 0.15) is 5.52 Å². The maximum Gasteiger partial charge on any atom is 0.227 e. The summed E-state index contributed by atoms with van der Waals surface area (Å²) in [6.07, 6.45) is 8.55. The number of hydrogen-bond acceptors (Lipinski definition) is 2. The van der Waals surface area contributed by atoms with E-state index >= 15 is 0 Å². The first-order valence-electron chi connectivity index (χ1n) is 23.1. The molecule has 0 N–H and O–H groups in total. The number of rotatable bonds is 5. The predicted molar refractivity (Wildman–Crippen MR) is 285 cm³/mol. The van der Waals surface area contributed by atoms with E-state index in [1.54, 1.807) is 0 Å². The van der Waals surface area contributed by atoms with Gasteiger partial charge in [0.05, 0.1) is 0 Å². The molecular weight excluding hydrogens is 765 g/mol. The minimum atomic E-state index is 0.678. The Labute approximate surface area is 381 Å². The fourth-order valence-corrected chi connectivity index (χ4v) is 5.93. The number of aryl methyl sites for hydroxylation is 1. The largest absolute Gasteiger partial charge is 0.436 e. The van der Waals surface area contributed by atoms with E-state index in [9.17, 15) is 0 Å². The molecule has 330 valence electrons. The molecule has 2 heterocycles. The van der Waals surface area contributed by atoms with E-state index in [1.165, 1.54) is 44.1 Å². The minimum absolute atomic E-state index is 0.678. The first kappa shape index (κ1) is 54.3. The molecule has 0 atom stereocenters. The van der Waals surface area contributed by atoms with Gasteiger partial charge in [0.15, 0.2) is 5.58 Å². The summed E-state index contributed by atoms with van der Waals surface area (Å²) in [4.78, 5) is 4.42. The van der Waals surface area contributed by atoms with Crippen molar-refractivity contribution in [1.29, 1.82) is 0 Å². The quantitative estimate of drug-likeness (QED) is 0.162. The van der Waals surface area contributed by atoms with Crippen LogP contribution in [0.25, 0.3) is 68.7 Å². The molecule has 0 saturated heterocycles. The van der Waals surface area contributed by atoms with E-state index in [4.69, 9.17) is 4.42 Å². The lowest BCUT2D eigenvalue weighted by molar-refractivity contribution is 0.620. The highest BCUT2D eigenvalue weighted by Gasteiger charge is 2.06. The van der Waals surface area contributed by atoms with Gasteiger partial charge in [-0.25, -0.2) is 4.98 Å². The van der Waals surface area contributed by atoms with E-state index in [-0.39, 0.29) is 0 Å². The first-order valence-corrected chi connectivity index (χ1v) is 23.1. The molecule has 0 saturated carbocycles. The first-order chi connectivity index (χ1) is 31.2. The van der Waals surface area contributed by atoms with Crippen molar-refractivity contribution in [2.24, 2.45) is 7.05 Å². The van der Waals surface area contributed by atoms with Crippen molar-refractivity contribution in [3.63, 3.8) is 0 Å². The molecule has 7 aromatic carbocycles. The highest BCUT2D eigenvalue weighted by atomic mass is 16.3. The zero-order valence-electron chi connectivity index (χ0n) is 40.5. The molecule has 2 aromatic heterocycles. The molecule has 3 heteroatoms.